The molecule has 1 unspecified atom stereocenters. The second-order valence-corrected chi connectivity index (χ2v) is 7.57. The molecule has 0 spiro atoms. The van der Waals surface area contributed by atoms with E-state index in [0.717, 1.165) is 0 Å². The van der Waals surface area contributed by atoms with Crippen molar-refractivity contribution in [3.63, 3.8) is 0 Å². The third-order valence-corrected chi connectivity index (χ3v) is 4.94. The number of rotatable bonds is 6. The SMILES string of the molecule is CCn1c(C(C)N(CC(C)C)C(=O)c2cccc(F)c2)nc2ccccc2c1=O. The molecule has 1 amide bonds. The van der Waals surface area contributed by atoms with Gasteiger partial charge in [0.05, 0.1) is 16.9 Å². The van der Waals surface area contributed by atoms with Crippen molar-refractivity contribution in [3.8, 4) is 0 Å². The Labute approximate surface area is 169 Å². The van der Waals surface area contributed by atoms with Crippen LogP contribution < -0.4 is 5.56 Å². The van der Waals surface area contributed by atoms with Gasteiger partial charge in [0.15, 0.2) is 0 Å². The summed E-state index contributed by atoms with van der Waals surface area (Å²) < 4.78 is 15.3. The molecule has 0 bridgehead atoms. The van der Waals surface area contributed by atoms with Crippen molar-refractivity contribution in [2.24, 2.45) is 5.92 Å². The van der Waals surface area contributed by atoms with E-state index < -0.39 is 11.9 Å². The molecule has 0 aliphatic carbocycles. The lowest BCUT2D eigenvalue weighted by Crippen LogP contribution is -2.39. The van der Waals surface area contributed by atoms with Crippen LogP contribution in [0.3, 0.4) is 0 Å². The van der Waals surface area contributed by atoms with Gasteiger partial charge in [-0.25, -0.2) is 9.37 Å². The van der Waals surface area contributed by atoms with Crippen LogP contribution in [0, 0.1) is 11.7 Å². The van der Waals surface area contributed by atoms with Crippen LogP contribution in [0.25, 0.3) is 10.9 Å². The van der Waals surface area contributed by atoms with Gasteiger partial charge in [-0.1, -0.05) is 32.0 Å². The summed E-state index contributed by atoms with van der Waals surface area (Å²) in [5.41, 5.74) is 0.762. The summed E-state index contributed by atoms with van der Waals surface area (Å²) in [6.45, 7) is 8.68. The average Bonchev–Trinajstić information content (AvgIpc) is 2.71. The molecular formula is C23H26FN3O2. The molecule has 3 rings (SSSR count). The summed E-state index contributed by atoms with van der Waals surface area (Å²) in [6, 6.07) is 12.4. The third-order valence-electron chi connectivity index (χ3n) is 4.94. The van der Waals surface area contributed by atoms with Gasteiger partial charge in [-0.05, 0) is 50.1 Å². The van der Waals surface area contributed by atoms with E-state index in [2.05, 4.69) is 0 Å². The van der Waals surface area contributed by atoms with E-state index in [0.29, 0.717) is 29.8 Å². The highest BCUT2D eigenvalue weighted by Gasteiger charge is 2.27. The van der Waals surface area contributed by atoms with E-state index in [1.807, 2.05) is 39.8 Å². The number of benzene rings is 2. The Kier molecular flexibility index (Phi) is 6.11. The van der Waals surface area contributed by atoms with Gasteiger partial charge in [0.2, 0.25) is 0 Å². The summed E-state index contributed by atoms with van der Waals surface area (Å²) in [4.78, 5) is 32.6. The normalized spacial score (nSPS) is 12.3. The molecule has 1 atom stereocenters. The van der Waals surface area contributed by atoms with Crippen LogP contribution in [0.1, 0.15) is 49.9 Å². The molecule has 0 aliphatic rings. The molecular weight excluding hydrogens is 369 g/mol. The second-order valence-electron chi connectivity index (χ2n) is 7.57. The molecule has 1 heterocycles. The maximum atomic E-state index is 13.7. The van der Waals surface area contributed by atoms with Gasteiger partial charge in [-0.2, -0.15) is 0 Å². The maximum absolute atomic E-state index is 13.7. The Morgan fingerprint density at radius 3 is 2.52 bits per heavy atom. The molecule has 0 fully saturated rings. The number of amides is 1. The first kappa shape index (κ1) is 20.7. The molecule has 6 heteroatoms. The summed E-state index contributed by atoms with van der Waals surface area (Å²) in [6.07, 6.45) is 0. The predicted molar refractivity (Wildman–Crippen MR) is 112 cm³/mol. The Bertz CT molecular complexity index is 1090. The zero-order valence-electron chi connectivity index (χ0n) is 17.2. The van der Waals surface area contributed by atoms with Crippen LogP contribution in [0.2, 0.25) is 0 Å². The topological polar surface area (TPSA) is 55.2 Å². The zero-order chi connectivity index (χ0) is 21.1. The van der Waals surface area contributed by atoms with E-state index in [4.69, 9.17) is 4.98 Å². The Morgan fingerprint density at radius 2 is 1.86 bits per heavy atom. The first-order chi connectivity index (χ1) is 13.8. The van der Waals surface area contributed by atoms with Crippen molar-refractivity contribution in [2.45, 2.75) is 40.3 Å². The highest BCUT2D eigenvalue weighted by Crippen LogP contribution is 2.23. The molecule has 152 valence electrons. The van der Waals surface area contributed by atoms with Crippen LogP contribution >= 0.6 is 0 Å². The number of carbonyl (C=O) groups excluding carboxylic acids is 1. The minimum atomic E-state index is -0.456. The van der Waals surface area contributed by atoms with E-state index in [1.165, 1.54) is 18.2 Å². The van der Waals surface area contributed by atoms with Gasteiger partial charge in [-0.15, -0.1) is 0 Å². The van der Waals surface area contributed by atoms with Gasteiger partial charge < -0.3 is 4.90 Å². The lowest BCUT2D eigenvalue weighted by atomic mass is 10.1. The maximum Gasteiger partial charge on any atom is 0.261 e. The fourth-order valence-electron chi connectivity index (χ4n) is 3.55. The number of carbonyl (C=O) groups is 1. The van der Waals surface area contributed by atoms with E-state index in [-0.39, 0.29) is 22.9 Å². The van der Waals surface area contributed by atoms with Crippen molar-refractivity contribution in [3.05, 3.63) is 76.1 Å². The number of nitrogens with zero attached hydrogens (tertiary/aromatic N) is 3. The van der Waals surface area contributed by atoms with E-state index in [9.17, 15) is 14.0 Å². The molecule has 0 saturated carbocycles. The van der Waals surface area contributed by atoms with Crippen molar-refractivity contribution in [1.82, 2.24) is 14.5 Å². The molecule has 29 heavy (non-hydrogen) atoms. The largest absolute Gasteiger partial charge is 0.328 e. The van der Waals surface area contributed by atoms with Crippen molar-refractivity contribution in [1.29, 1.82) is 0 Å². The summed E-state index contributed by atoms with van der Waals surface area (Å²) in [5, 5.41) is 0.553. The molecule has 5 nitrogen and oxygen atoms in total. The van der Waals surface area contributed by atoms with Gasteiger partial charge in [-0.3, -0.25) is 14.2 Å². The second kappa shape index (κ2) is 8.55. The number of aromatic nitrogens is 2. The minimum absolute atomic E-state index is 0.123. The fourth-order valence-corrected chi connectivity index (χ4v) is 3.55. The number of fused-ring (bicyclic) bond motifs is 1. The minimum Gasteiger partial charge on any atom is -0.328 e. The van der Waals surface area contributed by atoms with Gasteiger partial charge in [0.25, 0.3) is 11.5 Å². The van der Waals surface area contributed by atoms with Crippen LogP contribution in [-0.4, -0.2) is 26.9 Å². The predicted octanol–water partition coefficient (Wildman–Crippen LogP) is 4.41. The van der Waals surface area contributed by atoms with Gasteiger partial charge in [0.1, 0.15) is 11.6 Å². The molecule has 0 aliphatic heterocycles. The van der Waals surface area contributed by atoms with Crippen molar-refractivity contribution in [2.75, 3.05) is 6.54 Å². The first-order valence-corrected chi connectivity index (χ1v) is 9.89. The molecule has 2 aromatic carbocycles. The molecule has 1 aromatic heterocycles. The Morgan fingerprint density at radius 1 is 1.14 bits per heavy atom. The van der Waals surface area contributed by atoms with E-state index >= 15 is 0 Å². The standard InChI is InChI=1S/C23H26FN3O2/c1-5-26-21(25-20-12-7-6-11-19(20)23(26)29)16(4)27(14-15(2)3)22(28)17-9-8-10-18(24)13-17/h6-13,15-16H,5,14H2,1-4H3. The van der Waals surface area contributed by atoms with Crippen LogP contribution in [0.5, 0.6) is 0 Å². The molecule has 0 saturated heterocycles. The monoisotopic (exact) mass is 395 g/mol. The van der Waals surface area contributed by atoms with Crippen LogP contribution in [-0.2, 0) is 6.54 Å². The zero-order valence-corrected chi connectivity index (χ0v) is 17.2. The Hall–Kier alpha value is -3.02. The van der Waals surface area contributed by atoms with Gasteiger partial charge in [0, 0.05) is 18.7 Å². The lowest BCUT2D eigenvalue weighted by molar-refractivity contribution is 0.0652. The Balaban J connectivity index is 2.12. The van der Waals surface area contributed by atoms with Gasteiger partial charge >= 0.3 is 0 Å². The molecule has 0 radical (unpaired) electrons. The number of para-hydroxylation sites is 1. The van der Waals surface area contributed by atoms with E-state index in [1.54, 1.807) is 27.7 Å². The van der Waals surface area contributed by atoms with Crippen molar-refractivity contribution < 1.29 is 9.18 Å². The lowest BCUT2D eigenvalue weighted by Gasteiger charge is -2.32. The number of hydrogen-bond donors (Lipinski definition) is 0. The molecule has 0 N–H and O–H groups in total. The highest BCUT2D eigenvalue weighted by molar-refractivity contribution is 5.94. The first-order valence-electron chi connectivity index (χ1n) is 9.89. The van der Waals surface area contributed by atoms with Crippen LogP contribution in [0.15, 0.2) is 53.3 Å². The molecule has 3 aromatic rings. The summed E-state index contributed by atoms with van der Waals surface area (Å²) >= 11 is 0. The third kappa shape index (κ3) is 4.21. The fraction of sp³-hybridized carbons (Fsp3) is 0.348. The number of halogens is 1. The highest BCUT2D eigenvalue weighted by atomic mass is 19.1. The van der Waals surface area contributed by atoms with Crippen molar-refractivity contribution >= 4 is 16.8 Å². The summed E-state index contributed by atoms with van der Waals surface area (Å²) in [7, 11) is 0. The quantitative estimate of drug-likeness (QED) is 0.621. The smallest absolute Gasteiger partial charge is 0.261 e. The van der Waals surface area contributed by atoms with Crippen LogP contribution in [0.4, 0.5) is 4.39 Å². The summed E-state index contributed by atoms with van der Waals surface area (Å²) in [5.74, 6) is -0.0168. The average molecular weight is 395 g/mol. The number of hydrogen-bond acceptors (Lipinski definition) is 3.